The molecule has 3 rings (SSSR count). The van der Waals surface area contributed by atoms with E-state index in [0.29, 0.717) is 11.5 Å². The lowest BCUT2D eigenvalue weighted by Crippen LogP contribution is -2.55. The van der Waals surface area contributed by atoms with Gasteiger partial charge in [-0.15, -0.1) is 0 Å². The van der Waals surface area contributed by atoms with E-state index >= 15 is 0 Å². The first kappa shape index (κ1) is 15.9. The molecule has 21 heavy (non-hydrogen) atoms. The van der Waals surface area contributed by atoms with Crippen LogP contribution in [-0.2, 0) is 15.7 Å². The summed E-state index contributed by atoms with van der Waals surface area (Å²) in [7, 11) is -0.859. The van der Waals surface area contributed by atoms with E-state index in [1.54, 1.807) is 0 Å². The van der Waals surface area contributed by atoms with Crippen molar-refractivity contribution < 1.29 is 8.95 Å². The Hall–Kier alpha value is 0.0700. The highest BCUT2D eigenvalue weighted by atomic mass is 32.2. The second kappa shape index (κ2) is 5.93. The number of nitrogens with zero attached hydrogens (tertiary/aromatic N) is 1. The second-order valence-corrected chi connectivity index (χ2v) is 10.3. The molecule has 122 valence electrons. The van der Waals surface area contributed by atoms with Gasteiger partial charge in [-0.05, 0) is 70.6 Å². The Morgan fingerprint density at radius 1 is 1.10 bits per heavy atom. The van der Waals surface area contributed by atoms with E-state index in [-0.39, 0.29) is 4.75 Å². The summed E-state index contributed by atoms with van der Waals surface area (Å²) in [6.07, 6.45) is 8.96. The fourth-order valence-electron chi connectivity index (χ4n) is 4.74. The molecule has 2 saturated heterocycles. The van der Waals surface area contributed by atoms with Crippen molar-refractivity contribution in [2.75, 3.05) is 19.8 Å². The molecular formula is C17H31NO2S. The van der Waals surface area contributed by atoms with Gasteiger partial charge >= 0.3 is 0 Å². The van der Waals surface area contributed by atoms with E-state index in [4.69, 9.17) is 4.74 Å². The monoisotopic (exact) mass is 313 g/mol. The Morgan fingerprint density at radius 3 is 2.29 bits per heavy atom. The molecule has 0 amide bonds. The molecule has 0 aromatic heterocycles. The van der Waals surface area contributed by atoms with Crippen LogP contribution < -0.4 is 0 Å². The summed E-state index contributed by atoms with van der Waals surface area (Å²) in [4.78, 5) is 0. The van der Waals surface area contributed by atoms with Gasteiger partial charge in [-0.3, -0.25) is 0 Å². The van der Waals surface area contributed by atoms with Gasteiger partial charge in [-0.25, -0.2) is 8.51 Å². The third-order valence-corrected chi connectivity index (χ3v) is 7.83. The molecule has 0 aromatic carbocycles. The molecule has 0 spiro atoms. The minimum Gasteiger partial charge on any atom is -0.381 e. The Labute approximate surface area is 132 Å². The van der Waals surface area contributed by atoms with Crippen LogP contribution in [0.3, 0.4) is 0 Å². The van der Waals surface area contributed by atoms with Gasteiger partial charge in [-0.1, -0.05) is 6.42 Å². The molecule has 4 heteroatoms. The first-order valence-electron chi connectivity index (χ1n) is 8.71. The van der Waals surface area contributed by atoms with Crippen LogP contribution in [0.1, 0.15) is 65.7 Å². The van der Waals surface area contributed by atoms with Gasteiger partial charge in [0.15, 0.2) is 0 Å². The normalized spacial score (nSPS) is 32.8. The molecule has 2 heterocycles. The maximum Gasteiger partial charge on any atom is 0.1000 e. The summed E-state index contributed by atoms with van der Waals surface area (Å²) in [6, 6.07) is 0.550. The minimum atomic E-state index is -0.859. The summed E-state index contributed by atoms with van der Waals surface area (Å²) in [5.74, 6) is 0.794. The molecule has 1 unspecified atom stereocenters. The van der Waals surface area contributed by atoms with E-state index in [0.717, 1.165) is 25.7 Å². The van der Waals surface area contributed by atoms with Crippen molar-refractivity contribution in [1.29, 1.82) is 0 Å². The second-order valence-electron chi connectivity index (χ2n) is 8.13. The Bertz CT molecular complexity index is 394. The maximum absolute atomic E-state index is 13.0. The van der Waals surface area contributed by atoms with Gasteiger partial charge in [0.1, 0.15) is 0 Å². The number of rotatable bonds is 3. The smallest absolute Gasteiger partial charge is 0.1000 e. The zero-order valence-electron chi connectivity index (χ0n) is 13.9. The van der Waals surface area contributed by atoms with Gasteiger partial charge in [0.05, 0.1) is 15.7 Å². The first-order valence-corrected chi connectivity index (χ1v) is 9.82. The third kappa shape index (κ3) is 2.84. The number of hydrogen-bond donors (Lipinski definition) is 0. The molecule has 1 aliphatic carbocycles. The molecule has 0 aromatic rings. The van der Waals surface area contributed by atoms with Crippen LogP contribution in [0.2, 0.25) is 0 Å². The molecule has 3 nitrogen and oxygen atoms in total. The topological polar surface area (TPSA) is 29.5 Å². The van der Waals surface area contributed by atoms with Crippen LogP contribution in [0, 0.1) is 11.3 Å². The summed E-state index contributed by atoms with van der Waals surface area (Å²) < 4.78 is 20.8. The van der Waals surface area contributed by atoms with Crippen molar-refractivity contribution in [1.82, 2.24) is 4.31 Å². The van der Waals surface area contributed by atoms with Gasteiger partial charge < -0.3 is 4.74 Å². The Kier molecular flexibility index (Phi) is 4.51. The van der Waals surface area contributed by atoms with E-state index < -0.39 is 11.0 Å². The lowest BCUT2D eigenvalue weighted by atomic mass is 9.55. The lowest BCUT2D eigenvalue weighted by molar-refractivity contribution is -0.0632. The van der Waals surface area contributed by atoms with Crippen LogP contribution in [0.5, 0.6) is 0 Å². The van der Waals surface area contributed by atoms with Crippen LogP contribution >= 0.6 is 0 Å². The molecule has 2 aliphatic heterocycles. The van der Waals surface area contributed by atoms with Crippen molar-refractivity contribution in [3.63, 3.8) is 0 Å². The molecule has 0 radical (unpaired) electrons. The summed E-state index contributed by atoms with van der Waals surface area (Å²) in [5, 5.41) is 0. The quantitative estimate of drug-likeness (QED) is 0.798. The number of hydrogen-bond acceptors (Lipinski definition) is 2. The summed E-state index contributed by atoms with van der Waals surface area (Å²) in [5.41, 5.74) is 0.446. The molecular weight excluding hydrogens is 282 g/mol. The SMILES string of the molecule is CC(C)(C)S(=O)N1CCC[C@@H]1C1(C2CCOCC2)CCC1. The largest absolute Gasteiger partial charge is 0.381 e. The molecule has 3 fully saturated rings. The summed E-state index contributed by atoms with van der Waals surface area (Å²) in [6.45, 7) is 9.23. The van der Waals surface area contributed by atoms with E-state index in [1.807, 2.05) is 0 Å². The maximum atomic E-state index is 13.0. The van der Waals surface area contributed by atoms with Crippen LogP contribution in [0.15, 0.2) is 0 Å². The molecule has 0 bridgehead atoms. The Morgan fingerprint density at radius 2 is 1.76 bits per heavy atom. The summed E-state index contributed by atoms with van der Waals surface area (Å²) >= 11 is 0. The van der Waals surface area contributed by atoms with Crippen LogP contribution in [0.25, 0.3) is 0 Å². The fourth-order valence-corrected chi connectivity index (χ4v) is 6.28. The average Bonchev–Trinajstić information content (AvgIpc) is 2.86. The van der Waals surface area contributed by atoms with E-state index in [1.165, 1.54) is 44.9 Å². The predicted octanol–water partition coefficient (Wildman–Crippen LogP) is 3.51. The minimum absolute atomic E-state index is 0.136. The molecule has 3 aliphatic rings. The molecule has 0 N–H and O–H groups in total. The first-order chi connectivity index (χ1) is 9.95. The number of ether oxygens (including phenoxy) is 1. The van der Waals surface area contributed by atoms with Crippen molar-refractivity contribution in [2.24, 2.45) is 11.3 Å². The highest BCUT2D eigenvalue weighted by Crippen LogP contribution is 2.56. The zero-order valence-corrected chi connectivity index (χ0v) is 14.7. The lowest BCUT2D eigenvalue weighted by Gasteiger charge is -2.55. The van der Waals surface area contributed by atoms with E-state index in [9.17, 15) is 4.21 Å². The molecule has 1 saturated carbocycles. The highest BCUT2D eigenvalue weighted by Gasteiger charge is 2.54. The van der Waals surface area contributed by atoms with Crippen LogP contribution in [0.4, 0.5) is 0 Å². The fraction of sp³-hybridized carbons (Fsp3) is 1.00. The van der Waals surface area contributed by atoms with Gasteiger partial charge in [-0.2, -0.15) is 0 Å². The Balaban J connectivity index is 1.81. The average molecular weight is 314 g/mol. The third-order valence-electron chi connectivity index (χ3n) is 5.92. The van der Waals surface area contributed by atoms with Crippen molar-refractivity contribution in [3.8, 4) is 0 Å². The van der Waals surface area contributed by atoms with Gasteiger partial charge in [0.2, 0.25) is 0 Å². The van der Waals surface area contributed by atoms with Crippen molar-refractivity contribution in [2.45, 2.75) is 76.5 Å². The van der Waals surface area contributed by atoms with Gasteiger partial charge in [0.25, 0.3) is 0 Å². The van der Waals surface area contributed by atoms with Crippen molar-refractivity contribution in [3.05, 3.63) is 0 Å². The van der Waals surface area contributed by atoms with Gasteiger partial charge in [0, 0.05) is 25.8 Å². The molecule has 2 atom stereocenters. The van der Waals surface area contributed by atoms with Crippen LogP contribution in [-0.4, -0.2) is 39.1 Å². The standard InChI is InChI=1S/C17H31NO2S/c1-16(2,3)21(19)18-11-4-6-15(18)17(9-5-10-17)14-7-12-20-13-8-14/h14-15H,4-13H2,1-3H3/t15-,21?/m1/s1. The predicted molar refractivity (Wildman–Crippen MR) is 87.5 cm³/mol. The zero-order chi connectivity index (χ0) is 15.1. The van der Waals surface area contributed by atoms with Crippen molar-refractivity contribution >= 4 is 11.0 Å². The van der Waals surface area contributed by atoms with E-state index in [2.05, 4.69) is 25.1 Å². The highest BCUT2D eigenvalue weighted by molar-refractivity contribution is 7.84.